The Kier molecular flexibility index (Phi) is 3.22. The molecule has 1 aliphatic rings. The third-order valence-electron chi connectivity index (χ3n) is 2.90. The molecule has 94 valence electrons. The van der Waals surface area contributed by atoms with E-state index in [0.717, 1.165) is 30.3 Å². The van der Waals surface area contributed by atoms with Crippen LogP contribution in [0.2, 0.25) is 0 Å². The van der Waals surface area contributed by atoms with Gasteiger partial charge in [-0.25, -0.2) is 0 Å². The zero-order chi connectivity index (χ0) is 12.4. The van der Waals surface area contributed by atoms with Crippen LogP contribution in [0.1, 0.15) is 11.7 Å². The summed E-state index contributed by atoms with van der Waals surface area (Å²) in [6, 6.07) is 8.22. The number of aromatic nitrogens is 2. The Bertz CT molecular complexity index is 519. The number of nitrogens with zero attached hydrogens (tertiary/aromatic N) is 2. The number of rotatable bonds is 2. The molecule has 0 bridgehead atoms. The van der Waals surface area contributed by atoms with Crippen LogP contribution in [-0.4, -0.2) is 29.9 Å². The molecule has 6 heteroatoms. The molecule has 0 saturated carbocycles. The molecule has 1 aromatic heterocycles. The number of nitrogens with two attached hydrogens (primary N) is 1. The molecule has 1 aliphatic heterocycles. The lowest BCUT2D eigenvalue weighted by molar-refractivity contribution is 0.0277. The van der Waals surface area contributed by atoms with E-state index < -0.39 is 0 Å². The largest absolute Gasteiger partial charge is 0.374 e. The normalized spacial score (nSPS) is 19.9. The van der Waals surface area contributed by atoms with Crippen molar-refractivity contribution in [3.8, 4) is 10.6 Å². The Morgan fingerprint density at radius 3 is 2.72 bits per heavy atom. The fourth-order valence-electron chi connectivity index (χ4n) is 1.97. The maximum atomic E-state index is 5.71. The topological polar surface area (TPSA) is 73.1 Å². The van der Waals surface area contributed by atoms with Gasteiger partial charge in [0.1, 0.15) is 5.01 Å². The van der Waals surface area contributed by atoms with Crippen LogP contribution in [0.4, 0.5) is 5.13 Å². The lowest BCUT2D eigenvalue weighted by atomic mass is 10.1. The Labute approximate surface area is 109 Å². The van der Waals surface area contributed by atoms with Gasteiger partial charge >= 0.3 is 0 Å². The van der Waals surface area contributed by atoms with Crippen molar-refractivity contribution in [2.45, 2.75) is 6.10 Å². The third-order valence-corrected chi connectivity index (χ3v) is 3.70. The number of nitrogen functional groups attached to an aromatic ring is 1. The van der Waals surface area contributed by atoms with Gasteiger partial charge in [0, 0.05) is 18.7 Å². The van der Waals surface area contributed by atoms with E-state index in [1.54, 1.807) is 0 Å². The SMILES string of the molecule is Nc1nnc(-c2ccc(C3CNCCO3)cc2)s1. The molecular weight excluding hydrogens is 248 g/mol. The Hall–Kier alpha value is -1.50. The molecule has 0 amide bonds. The molecule has 1 unspecified atom stereocenters. The summed E-state index contributed by atoms with van der Waals surface area (Å²) < 4.78 is 5.71. The van der Waals surface area contributed by atoms with Gasteiger partial charge in [0.2, 0.25) is 5.13 Å². The van der Waals surface area contributed by atoms with Crippen LogP contribution in [0, 0.1) is 0 Å². The molecule has 0 aliphatic carbocycles. The van der Waals surface area contributed by atoms with Crippen molar-refractivity contribution in [3.63, 3.8) is 0 Å². The molecule has 1 atom stereocenters. The van der Waals surface area contributed by atoms with Gasteiger partial charge in [-0.3, -0.25) is 0 Å². The second kappa shape index (κ2) is 5.01. The highest BCUT2D eigenvalue weighted by Gasteiger charge is 2.15. The number of nitrogens with one attached hydrogen (secondary N) is 1. The smallest absolute Gasteiger partial charge is 0.203 e. The van der Waals surface area contributed by atoms with Crippen LogP contribution >= 0.6 is 11.3 Å². The first kappa shape index (κ1) is 11.6. The molecule has 1 aromatic carbocycles. The Morgan fingerprint density at radius 2 is 2.11 bits per heavy atom. The maximum Gasteiger partial charge on any atom is 0.203 e. The van der Waals surface area contributed by atoms with Crippen molar-refractivity contribution in [1.82, 2.24) is 15.5 Å². The molecule has 1 fully saturated rings. The number of morpholine rings is 1. The number of ether oxygens (including phenoxy) is 1. The lowest BCUT2D eigenvalue weighted by Gasteiger charge is -2.23. The number of hydrogen-bond acceptors (Lipinski definition) is 6. The second-order valence-corrected chi connectivity index (χ2v) is 5.14. The van der Waals surface area contributed by atoms with Crippen LogP contribution in [0.3, 0.4) is 0 Å². The molecule has 0 radical (unpaired) electrons. The quantitative estimate of drug-likeness (QED) is 0.857. The van der Waals surface area contributed by atoms with Crippen LogP contribution in [0.15, 0.2) is 24.3 Å². The average Bonchev–Trinajstić information content (AvgIpc) is 2.87. The molecule has 5 nitrogen and oxygen atoms in total. The minimum atomic E-state index is 0.146. The van der Waals surface area contributed by atoms with Crippen molar-refractivity contribution in [2.75, 3.05) is 25.4 Å². The minimum absolute atomic E-state index is 0.146. The predicted octanol–water partition coefficient (Wildman–Crippen LogP) is 1.45. The van der Waals surface area contributed by atoms with Gasteiger partial charge in [-0.1, -0.05) is 35.6 Å². The van der Waals surface area contributed by atoms with Crippen LogP contribution in [0.5, 0.6) is 0 Å². The van der Waals surface area contributed by atoms with Gasteiger partial charge in [-0.05, 0) is 5.56 Å². The van der Waals surface area contributed by atoms with Gasteiger partial charge in [-0.2, -0.15) is 0 Å². The standard InChI is InChI=1S/C12H14N4OS/c13-12-16-15-11(18-12)9-3-1-8(2-4-9)10-7-14-5-6-17-10/h1-4,10,14H,5-7H2,(H2,13,16). The molecule has 2 heterocycles. The number of anilines is 1. The maximum absolute atomic E-state index is 5.71. The fraction of sp³-hybridized carbons (Fsp3) is 0.333. The molecular formula is C12H14N4OS. The molecule has 3 rings (SSSR count). The van der Waals surface area contributed by atoms with Gasteiger partial charge in [0.15, 0.2) is 0 Å². The van der Waals surface area contributed by atoms with Crippen LogP contribution in [0.25, 0.3) is 10.6 Å². The summed E-state index contributed by atoms with van der Waals surface area (Å²) in [7, 11) is 0. The molecule has 1 saturated heterocycles. The molecule has 2 aromatic rings. The van der Waals surface area contributed by atoms with E-state index in [0.29, 0.717) is 5.13 Å². The van der Waals surface area contributed by atoms with Gasteiger partial charge in [0.25, 0.3) is 0 Å². The third kappa shape index (κ3) is 2.35. The van der Waals surface area contributed by atoms with Gasteiger partial charge in [-0.15, -0.1) is 10.2 Å². The van der Waals surface area contributed by atoms with E-state index in [9.17, 15) is 0 Å². The minimum Gasteiger partial charge on any atom is -0.374 e. The molecule has 0 spiro atoms. The Balaban J connectivity index is 1.80. The average molecular weight is 262 g/mol. The van der Waals surface area contributed by atoms with Crippen molar-refractivity contribution in [1.29, 1.82) is 0 Å². The van der Waals surface area contributed by atoms with Crippen LogP contribution in [-0.2, 0) is 4.74 Å². The summed E-state index contributed by atoms with van der Waals surface area (Å²) >= 11 is 1.39. The second-order valence-electron chi connectivity index (χ2n) is 4.13. The highest BCUT2D eigenvalue weighted by Crippen LogP contribution is 2.27. The van der Waals surface area contributed by atoms with E-state index in [2.05, 4.69) is 27.6 Å². The first-order valence-corrected chi connectivity index (χ1v) is 6.66. The van der Waals surface area contributed by atoms with Crippen molar-refractivity contribution < 1.29 is 4.74 Å². The fourth-order valence-corrected chi connectivity index (χ4v) is 2.59. The van der Waals surface area contributed by atoms with E-state index in [4.69, 9.17) is 10.5 Å². The molecule has 3 N–H and O–H groups in total. The van der Waals surface area contributed by atoms with E-state index in [1.165, 1.54) is 16.9 Å². The summed E-state index contributed by atoms with van der Waals surface area (Å²) in [6.45, 7) is 2.56. The first-order chi connectivity index (χ1) is 8.83. The van der Waals surface area contributed by atoms with E-state index >= 15 is 0 Å². The Morgan fingerprint density at radius 1 is 1.28 bits per heavy atom. The summed E-state index contributed by atoms with van der Waals surface area (Å²) in [5.41, 5.74) is 7.80. The number of hydrogen-bond donors (Lipinski definition) is 2. The van der Waals surface area contributed by atoms with E-state index in [-0.39, 0.29) is 6.10 Å². The summed E-state index contributed by atoms with van der Waals surface area (Å²) in [6.07, 6.45) is 0.146. The van der Waals surface area contributed by atoms with Crippen LogP contribution < -0.4 is 11.1 Å². The van der Waals surface area contributed by atoms with Gasteiger partial charge in [0.05, 0.1) is 12.7 Å². The molecule has 18 heavy (non-hydrogen) atoms. The number of benzene rings is 1. The highest BCUT2D eigenvalue weighted by atomic mass is 32.1. The zero-order valence-electron chi connectivity index (χ0n) is 9.80. The van der Waals surface area contributed by atoms with Gasteiger partial charge < -0.3 is 15.8 Å². The summed E-state index contributed by atoms with van der Waals surface area (Å²) in [5, 5.41) is 12.5. The van der Waals surface area contributed by atoms with Crippen molar-refractivity contribution in [2.24, 2.45) is 0 Å². The zero-order valence-corrected chi connectivity index (χ0v) is 10.6. The van der Waals surface area contributed by atoms with Crippen molar-refractivity contribution in [3.05, 3.63) is 29.8 Å². The predicted molar refractivity (Wildman–Crippen MR) is 71.3 cm³/mol. The monoisotopic (exact) mass is 262 g/mol. The summed E-state index contributed by atoms with van der Waals surface area (Å²) in [4.78, 5) is 0. The first-order valence-electron chi connectivity index (χ1n) is 5.84. The highest BCUT2D eigenvalue weighted by molar-refractivity contribution is 7.18. The van der Waals surface area contributed by atoms with Crippen molar-refractivity contribution >= 4 is 16.5 Å². The lowest BCUT2D eigenvalue weighted by Crippen LogP contribution is -2.33. The van der Waals surface area contributed by atoms with E-state index in [1.807, 2.05) is 12.1 Å². The summed E-state index contributed by atoms with van der Waals surface area (Å²) in [5.74, 6) is 0.